The third-order valence-electron chi connectivity index (χ3n) is 7.63. The Labute approximate surface area is 208 Å². The summed E-state index contributed by atoms with van der Waals surface area (Å²) in [7, 11) is 1.71. The first-order valence-corrected chi connectivity index (χ1v) is 12.6. The highest BCUT2D eigenvalue weighted by atomic mass is 16.5. The van der Waals surface area contributed by atoms with E-state index in [-0.39, 0.29) is 0 Å². The Morgan fingerprint density at radius 1 is 0.829 bits per heavy atom. The van der Waals surface area contributed by atoms with Gasteiger partial charge in [0.25, 0.3) is 0 Å². The van der Waals surface area contributed by atoms with E-state index in [0.717, 1.165) is 5.75 Å². The summed E-state index contributed by atoms with van der Waals surface area (Å²) in [6.45, 7) is 2.16. The van der Waals surface area contributed by atoms with Gasteiger partial charge in [-0.3, -0.25) is 0 Å². The lowest BCUT2D eigenvalue weighted by Gasteiger charge is -2.27. The van der Waals surface area contributed by atoms with Crippen molar-refractivity contribution in [1.29, 1.82) is 0 Å². The van der Waals surface area contributed by atoms with Gasteiger partial charge in [0, 0.05) is 23.3 Å². The number of methoxy groups -OCH3 is 1. The van der Waals surface area contributed by atoms with Crippen molar-refractivity contribution in [3.05, 3.63) is 125 Å². The van der Waals surface area contributed by atoms with Crippen LogP contribution in [0, 0.1) is 6.92 Å². The first-order chi connectivity index (χ1) is 17.2. The topological polar surface area (TPSA) is 12.5 Å². The van der Waals surface area contributed by atoms with Gasteiger partial charge in [0.15, 0.2) is 0 Å². The molecule has 0 saturated heterocycles. The summed E-state index contributed by atoms with van der Waals surface area (Å²) in [5.74, 6) is 1.49. The van der Waals surface area contributed by atoms with E-state index in [9.17, 15) is 0 Å². The van der Waals surface area contributed by atoms with Crippen molar-refractivity contribution in [2.75, 3.05) is 12.0 Å². The Bertz CT molecular complexity index is 1350. The molecule has 35 heavy (non-hydrogen) atoms. The van der Waals surface area contributed by atoms with Crippen LogP contribution in [0.2, 0.25) is 0 Å². The molecule has 174 valence electrons. The molecule has 1 saturated carbocycles. The summed E-state index contributed by atoms with van der Waals surface area (Å²) in [5, 5.41) is 0. The lowest BCUT2D eigenvalue weighted by atomic mass is 9.93. The van der Waals surface area contributed by atoms with Crippen molar-refractivity contribution >= 4 is 23.0 Å². The average molecular weight is 458 g/mol. The molecule has 0 radical (unpaired) electrons. The van der Waals surface area contributed by atoms with Gasteiger partial charge in [-0.25, -0.2) is 0 Å². The largest absolute Gasteiger partial charge is 0.497 e. The molecule has 1 aliphatic heterocycles. The molecular weight excluding hydrogens is 426 g/mol. The highest BCUT2D eigenvalue weighted by Gasteiger charge is 2.42. The van der Waals surface area contributed by atoms with Crippen LogP contribution in [-0.4, -0.2) is 13.2 Å². The number of rotatable bonds is 5. The van der Waals surface area contributed by atoms with Crippen molar-refractivity contribution in [3.8, 4) is 5.75 Å². The van der Waals surface area contributed by atoms with Crippen molar-refractivity contribution in [3.63, 3.8) is 0 Å². The molecule has 0 amide bonds. The number of anilines is 2. The number of fused-ring (bicyclic) bond motifs is 3. The third kappa shape index (κ3) is 4.04. The van der Waals surface area contributed by atoms with Crippen LogP contribution in [0.1, 0.15) is 53.0 Å². The van der Waals surface area contributed by atoms with E-state index in [1.807, 2.05) is 12.1 Å². The second-order valence-corrected chi connectivity index (χ2v) is 9.78. The summed E-state index contributed by atoms with van der Waals surface area (Å²) >= 11 is 0. The fourth-order valence-electron chi connectivity index (χ4n) is 5.89. The molecule has 4 aromatic rings. The lowest BCUT2D eigenvalue weighted by molar-refractivity contribution is 0.415. The minimum absolute atomic E-state index is 0.571. The second kappa shape index (κ2) is 9.11. The zero-order chi connectivity index (χ0) is 23.8. The summed E-state index contributed by atoms with van der Waals surface area (Å²) < 4.78 is 5.39. The maximum absolute atomic E-state index is 5.39. The van der Waals surface area contributed by atoms with Crippen molar-refractivity contribution < 1.29 is 4.74 Å². The first-order valence-electron chi connectivity index (χ1n) is 12.6. The predicted molar refractivity (Wildman–Crippen MR) is 147 cm³/mol. The zero-order valence-electron chi connectivity index (χ0n) is 20.4. The molecule has 1 heterocycles. The summed E-state index contributed by atoms with van der Waals surface area (Å²) in [6.07, 6.45) is 6.19. The number of benzene rings is 4. The van der Waals surface area contributed by atoms with Gasteiger partial charge in [-0.1, -0.05) is 72.6 Å². The maximum atomic E-state index is 5.39. The molecule has 4 aromatic carbocycles. The van der Waals surface area contributed by atoms with Crippen LogP contribution in [0.3, 0.4) is 0 Å². The fraction of sp³-hybridized carbons (Fsp3) is 0.212. The van der Waals surface area contributed by atoms with Gasteiger partial charge in [-0.15, -0.1) is 0 Å². The lowest BCUT2D eigenvalue weighted by Crippen LogP contribution is -2.26. The third-order valence-corrected chi connectivity index (χ3v) is 7.63. The number of ether oxygens (including phenoxy) is 1. The summed E-state index contributed by atoms with van der Waals surface area (Å²) in [5.41, 5.74) is 10.4. The molecule has 0 N–H and O–H groups in total. The van der Waals surface area contributed by atoms with E-state index in [4.69, 9.17) is 4.74 Å². The molecule has 2 unspecified atom stereocenters. The number of hydrogen-bond donors (Lipinski definition) is 0. The molecule has 1 aliphatic carbocycles. The van der Waals surface area contributed by atoms with Gasteiger partial charge in [-0.2, -0.15) is 0 Å². The van der Waals surface area contributed by atoms with Crippen LogP contribution >= 0.6 is 0 Å². The highest BCUT2D eigenvalue weighted by Crippen LogP contribution is 2.52. The standard InChI is InChI=1S/C33H31NO/c1-23-11-16-27(17-12-23)34-32-10-6-9-29(32)31-22-24(13-20-33(31)34)21-30(25-7-4-3-5-8-25)26-14-18-28(35-2)19-15-26/h3-5,7-8,11-22,29,32H,6,9-10H2,1-2H3/b30-21-. The van der Waals surface area contributed by atoms with Crippen molar-refractivity contribution in [2.24, 2.45) is 0 Å². The quantitative estimate of drug-likeness (QED) is 0.279. The van der Waals surface area contributed by atoms with Crippen LogP contribution in [0.4, 0.5) is 11.4 Å². The Hall–Kier alpha value is -3.78. The molecule has 2 nitrogen and oxygen atoms in total. The van der Waals surface area contributed by atoms with Crippen LogP contribution in [0.5, 0.6) is 5.75 Å². The number of aryl methyl sites for hydroxylation is 1. The van der Waals surface area contributed by atoms with Gasteiger partial charge < -0.3 is 9.64 Å². The van der Waals surface area contributed by atoms with E-state index >= 15 is 0 Å². The van der Waals surface area contributed by atoms with E-state index in [1.54, 1.807) is 7.11 Å². The maximum Gasteiger partial charge on any atom is 0.118 e. The van der Waals surface area contributed by atoms with E-state index in [0.29, 0.717) is 12.0 Å². The van der Waals surface area contributed by atoms with Crippen LogP contribution in [0.25, 0.3) is 11.6 Å². The van der Waals surface area contributed by atoms with Crippen LogP contribution in [0.15, 0.2) is 97.1 Å². The van der Waals surface area contributed by atoms with Gasteiger partial charge in [0.2, 0.25) is 0 Å². The molecule has 1 fully saturated rings. The van der Waals surface area contributed by atoms with Gasteiger partial charge in [-0.05, 0) is 90.1 Å². The van der Waals surface area contributed by atoms with Crippen LogP contribution in [-0.2, 0) is 0 Å². The fourth-order valence-corrected chi connectivity index (χ4v) is 5.89. The van der Waals surface area contributed by atoms with Gasteiger partial charge in [0.05, 0.1) is 7.11 Å². The van der Waals surface area contributed by atoms with Gasteiger partial charge >= 0.3 is 0 Å². The highest BCUT2D eigenvalue weighted by molar-refractivity contribution is 5.92. The Balaban J connectivity index is 1.43. The molecule has 0 bridgehead atoms. The minimum atomic E-state index is 0.571. The van der Waals surface area contributed by atoms with E-state index < -0.39 is 0 Å². The molecule has 0 spiro atoms. The van der Waals surface area contributed by atoms with E-state index in [2.05, 4.69) is 103 Å². The molecular formula is C33H31NO. The smallest absolute Gasteiger partial charge is 0.118 e. The molecule has 6 rings (SSSR count). The number of hydrogen-bond acceptors (Lipinski definition) is 2. The molecule has 2 atom stereocenters. The zero-order valence-corrected chi connectivity index (χ0v) is 20.4. The molecule has 2 aliphatic rings. The SMILES string of the molecule is COc1ccc(/C(=C\c2ccc3c(c2)C2CCCC2N3c2ccc(C)cc2)c2ccccc2)cc1. The summed E-state index contributed by atoms with van der Waals surface area (Å²) in [6, 6.07) is 35.7. The minimum Gasteiger partial charge on any atom is -0.497 e. The average Bonchev–Trinajstić information content (AvgIpc) is 3.50. The van der Waals surface area contributed by atoms with Gasteiger partial charge in [0.1, 0.15) is 5.75 Å². The second-order valence-electron chi connectivity index (χ2n) is 9.78. The molecule has 0 aromatic heterocycles. The monoisotopic (exact) mass is 457 g/mol. The normalized spacial score (nSPS) is 18.9. The van der Waals surface area contributed by atoms with Crippen LogP contribution < -0.4 is 9.64 Å². The summed E-state index contributed by atoms with van der Waals surface area (Å²) in [4.78, 5) is 2.60. The first kappa shape index (κ1) is 21.7. The Kier molecular flexibility index (Phi) is 5.66. The Morgan fingerprint density at radius 2 is 1.57 bits per heavy atom. The van der Waals surface area contributed by atoms with Crippen molar-refractivity contribution in [2.45, 2.75) is 38.1 Å². The predicted octanol–water partition coefficient (Wildman–Crippen LogP) is 8.38. The van der Waals surface area contributed by atoms with E-state index in [1.165, 1.54) is 64.0 Å². The van der Waals surface area contributed by atoms with Crippen molar-refractivity contribution in [1.82, 2.24) is 0 Å². The Morgan fingerprint density at radius 3 is 2.31 bits per heavy atom. The molecule has 2 heteroatoms. The number of nitrogens with zero attached hydrogens (tertiary/aromatic N) is 1.